The molecule has 2 aromatic carbocycles. The van der Waals surface area contributed by atoms with E-state index in [0.29, 0.717) is 35.2 Å². The van der Waals surface area contributed by atoms with Crippen LogP contribution in [-0.4, -0.2) is 30.5 Å². The van der Waals surface area contributed by atoms with Crippen LogP contribution in [-0.2, 0) is 19.1 Å². The van der Waals surface area contributed by atoms with Crippen LogP contribution in [0.15, 0.2) is 42.5 Å². The molecule has 0 radical (unpaired) electrons. The van der Waals surface area contributed by atoms with Gasteiger partial charge in [-0.25, -0.2) is 0 Å². The van der Waals surface area contributed by atoms with E-state index in [0.717, 1.165) is 5.56 Å². The van der Waals surface area contributed by atoms with Crippen LogP contribution < -0.4 is 15.4 Å². The zero-order valence-corrected chi connectivity index (χ0v) is 17.9. The number of carbonyl (C=O) groups is 3. The molecule has 0 aliphatic carbocycles. The van der Waals surface area contributed by atoms with Crippen molar-refractivity contribution in [2.24, 2.45) is 0 Å². The van der Waals surface area contributed by atoms with Crippen molar-refractivity contribution >= 4 is 40.8 Å². The number of halogens is 1. The summed E-state index contributed by atoms with van der Waals surface area (Å²) in [5, 5.41) is 5.97. The van der Waals surface area contributed by atoms with E-state index in [4.69, 9.17) is 21.1 Å². The highest BCUT2D eigenvalue weighted by Gasteiger charge is 2.17. The zero-order valence-electron chi connectivity index (χ0n) is 17.2. The number of amides is 2. The monoisotopic (exact) mass is 432 g/mol. The summed E-state index contributed by atoms with van der Waals surface area (Å²) in [6.07, 6.45) is -0.345. The Balaban J connectivity index is 1.70. The lowest BCUT2D eigenvalue weighted by atomic mass is 10.2. The van der Waals surface area contributed by atoms with Gasteiger partial charge in [-0.2, -0.15) is 0 Å². The third-order valence-corrected chi connectivity index (χ3v) is 4.50. The SMILES string of the molecule is CC(=O)Nc1ccc(NC(=O)[C@@H](C)OC(=O)CCCOc2ccc(Cl)c(C)c2)cc1. The molecule has 7 nitrogen and oxygen atoms in total. The minimum atomic E-state index is -0.938. The van der Waals surface area contributed by atoms with E-state index in [9.17, 15) is 14.4 Å². The van der Waals surface area contributed by atoms with Gasteiger partial charge in [-0.3, -0.25) is 14.4 Å². The molecule has 160 valence electrons. The molecule has 2 N–H and O–H groups in total. The van der Waals surface area contributed by atoms with E-state index in [-0.39, 0.29) is 12.3 Å². The molecule has 0 aromatic heterocycles. The molecule has 8 heteroatoms. The van der Waals surface area contributed by atoms with Crippen LogP contribution in [0, 0.1) is 6.92 Å². The molecule has 0 spiro atoms. The van der Waals surface area contributed by atoms with Gasteiger partial charge in [0.25, 0.3) is 5.91 Å². The lowest BCUT2D eigenvalue weighted by Gasteiger charge is -2.14. The minimum Gasteiger partial charge on any atom is -0.494 e. The van der Waals surface area contributed by atoms with Crippen molar-refractivity contribution in [1.29, 1.82) is 0 Å². The van der Waals surface area contributed by atoms with Gasteiger partial charge in [0.05, 0.1) is 6.61 Å². The largest absolute Gasteiger partial charge is 0.494 e. The second kappa shape index (κ2) is 11.2. The van der Waals surface area contributed by atoms with Crippen LogP contribution >= 0.6 is 11.6 Å². The Kier molecular flexibility index (Phi) is 8.68. The summed E-state index contributed by atoms with van der Waals surface area (Å²) in [5.41, 5.74) is 2.07. The summed E-state index contributed by atoms with van der Waals surface area (Å²) in [7, 11) is 0. The zero-order chi connectivity index (χ0) is 22.1. The number of nitrogens with one attached hydrogen (secondary N) is 2. The Morgan fingerprint density at radius 2 is 1.67 bits per heavy atom. The van der Waals surface area contributed by atoms with Gasteiger partial charge >= 0.3 is 5.97 Å². The highest BCUT2D eigenvalue weighted by molar-refractivity contribution is 6.31. The van der Waals surface area contributed by atoms with E-state index in [1.165, 1.54) is 13.8 Å². The molecular formula is C22H25ClN2O5. The number of hydrogen-bond acceptors (Lipinski definition) is 5. The summed E-state index contributed by atoms with van der Waals surface area (Å²) < 4.78 is 10.8. The van der Waals surface area contributed by atoms with Gasteiger partial charge in [0.2, 0.25) is 5.91 Å². The van der Waals surface area contributed by atoms with E-state index >= 15 is 0 Å². The first-order valence-corrected chi connectivity index (χ1v) is 9.89. The van der Waals surface area contributed by atoms with Crippen LogP contribution in [0.3, 0.4) is 0 Å². The molecule has 0 unspecified atom stereocenters. The number of aryl methyl sites for hydroxylation is 1. The molecule has 0 saturated carbocycles. The molecule has 0 aliphatic rings. The normalized spacial score (nSPS) is 11.3. The lowest BCUT2D eigenvalue weighted by Crippen LogP contribution is -2.30. The number of rotatable bonds is 9. The average Bonchev–Trinajstić information content (AvgIpc) is 2.69. The Labute approximate surface area is 180 Å². The van der Waals surface area contributed by atoms with Crippen molar-refractivity contribution in [3.05, 3.63) is 53.1 Å². The van der Waals surface area contributed by atoms with Crippen molar-refractivity contribution in [2.75, 3.05) is 17.2 Å². The average molecular weight is 433 g/mol. The van der Waals surface area contributed by atoms with Gasteiger partial charge in [0.15, 0.2) is 6.10 Å². The van der Waals surface area contributed by atoms with E-state index < -0.39 is 18.0 Å². The smallest absolute Gasteiger partial charge is 0.306 e. The van der Waals surface area contributed by atoms with E-state index in [1.54, 1.807) is 36.4 Å². The van der Waals surface area contributed by atoms with E-state index in [1.807, 2.05) is 13.0 Å². The number of esters is 1. The van der Waals surface area contributed by atoms with E-state index in [2.05, 4.69) is 10.6 Å². The van der Waals surface area contributed by atoms with Gasteiger partial charge in [-0.05, 0) is 68.3 Å². The maximum atomic E-state index is 12.2. The molecule has 2 aromatic rings. The number of anilines is 2. The fourth-order valence-corrected chi connectivity index (χ4v) is 2.62. The first-order valence-electron chi connectivity index (χ1n) is 9.51. The van der Waals surface area contributed by atoms with Gasteiger partial charge in [-0.15, -0.1) is 0 Å². The molecule has 2 amide bonds. The first-order chi connectivity index (χ1) is 14.2. The molecule has 1 atom stereocenters. The Hall–Kier alpha value is -3.06. The Morgan fingerprint density at radius 3 is 2.27 bits per heavy atom. The summed E-state index contributed by atoms with van der Waals surface area (Å²) >= 11 is 5.97. The van der Waals surface area contributed by atoms with Crippen molar-refractivity contribution < 1.29 is 23.9 Å². The van der Waals surface area contributed by atoms with Gasteiger partial charge in [0, 0.05) is 29.7 Å². The first kappa shape index (κ1) is 23.2. The van der Waals surface area contributed by atoms with Crippen LogP contribution in [0.4, 0.5) is 11.4 Å². The third-order valence-electron chi connectivity index (χ3n) is 4.07. The maximum absolute atomic E-state index is 12.2. The van der Waals surface area contributed by atoms with Crippen molar-refractivity contribution in [3.63, 3.8) is 0 Å². The van der Waals surface area contributed by atoms with Crippen molar-refractivity contribution in [3.8, 4) is 5.75 Å². The summed E-state index contributed by atoms with van der Waals surface area (Å²) in [6, 6.07) is 12.0. The fraction of sp³-hybridized carbons (Fsp3) is 0.318. The summed E-state index contributed by atoms with van der Waals surface area (Å²) in [6.45, 7) is 5.15. The third kappa shape index (κ3) is 7.75. The highest BCUT2D eigenvalue weighted by atomic mass is 35.5. The second-order valence-electron chi connectivity index (χ2n) is 6.74. The maximum Gasteiger partial charge on any atom is 0.306 e. The molecule has 0 aliphatic heterocycles. The second-order valence-corrected chi connectivity index (χ2v) is 7.15. The molecule has 2 rings (SSSR count). The number of carbonyl (C=O) groups excluding carboxylic acids is 3. The summed E-state index contributed by atoms with van der Waals surface area (Å²) in [4.78, 5) is 35.2. The number of ether oxygens (including phenoxy) is 2. The fourth-order valence-electron chi connectivity index (χ4n) is 2.51. The molecule has 30 heavy (non-hydrogen) atoms. The predicted octanol–water partition coefficient (Wildman–Crippen LogP) is 4.34. The molecule has 0 saturated heterocycles. The summed E-state index contributed by atoms with van der Waals surface area (Å²) in [5.74, 6) is -0.415. The van der Waals surface area contributed by atoms with Crippen LogP contribution in [0.2, 0.25) is 5.02 Å². The van der Waals surface area contributed by atoms with Gasteiger partial charge < -0.3 is 20.1 Å². The van der Waals surface area contributed by atoms with Gasteiger partial charge in [-0.1, -0.05) is 11.6 Å². The molecule has 0 heterocycles. The number of benzene rings is 2. The number of hydrogen-bond donors (Lipinski definition) is 2. The Bertz CT molecular complexity index is 899. The quantitative estimate of drug-likeness (QED) is 0.454. The lowest BCUT2D eigenvalue weighted by molar-refractivity contribution is -0.153. The molecular weight excluding hydrogens is 408 g/mol. The minimum absolute atomic E-state index is 0.135. The van der Waals surface area contributed by atoms with Crippen molar-refractivity contribution in [2.45, 2.75) is 39.7 Å². The van der Waals surface area contributed by atoms with Gasteiger partial charge in [0.1, 0.15) is 5.75 Å². The molecule has 0 fully saturated rings. The highest BCUT2D eigenvalue weighted by Crippen LogP contribution is 2.21. The predicted molar refractivity (Wildman–Crippen MR) is 116 cm³/mol. The van der Waals surface area contributed by atoms with Crippen LogP contribution in [0.25, 0.3) is 0 Å². The van der Waals surface area contributed by atoms with Crippen LogP contribution in [0.5, 0.6) is 5.75 Å². The topological polar surface area (TPSA) is 93.7 Å². The molecule has 0 bridgehead atoms. The van der Waals surface area contributed by atoms with Crippen LogP contribution in [0.1, 0.15) is 32.3 Å². The van der Waals surface area contributed by atoms with Crippen molar-refractivity contribution in [1.82, 2.24) is 0 Å². The standard InChI is InChI=1S/C22H25ClN2O5/c1-14-13-19(10-11-20(14)23)29-12-4-5-21(27)30-15(2)22(28)25-18-8-6-17(7-9-18)24-16(3)26/h6-11,13,15H,4-5,12H2,1-3H3,(H,24,26)(H,25,28)/t15-/m1/s1. The Morgan fingerprint density at radius 1 is 1.03 bits per heavy atom.